The van der Waals surface area contributed by atoms with Gasteiger partial charge < -0.3 is 9.47 Å². The summed E-state index contributed by atoms with van der Waals surface area (Å²) in [6.07, 6.45) is 2.06. The monoisotopic (exact) mass is 537 g/mol. The normalized spacial score (nSPS) is 14.5. The molecule has 0 radical (unpaired) electrons. The highest BCUT2D eigenvalue weighted by Crippen LogP contribution is 2.32. The van der Waals surface area contributed by atoms with Gasteiger partial charge in [-0.3, -0.25) is 9.69 Å². The zero-order valence-corrected chi connectivity index (χ0v) is 24.4. The Balaban J connectivity index is 1.36. The van der Waals surface area contributed by atoms with Crippen LogP contribution < -0.4 is 0 Å². The molecule has 0 saturated carbocycles. The van der Waals surface area contributed by atoms with Crippen LogP contribution in [-0.2, 0) is 18.5 Å². The van der Waals surface area contributed by atoms with E-state index in [0.29, 0.717) is 25.3 Å². The smallest absolute Gasteiger partial charge is 0.271 e. The molecule has 0 atom stereocenters. The van der Waals surface area contributed by atoms with Crippen LogP contribution in [0.2, 0.25) is 0 Å². The molecule has 1 aliphatic heterocycles. The number of aromatic nitrogens is 1. The van der Waals surface area contributed by atoms with Crippen molar-refractivity contribution in [1.29, 1.82) is 0 Å². The van der Waals surface area contributed by atoms with Crippen molar-refractivity contribution in [2.24, 2.45) is 0 Å². The van der Waals surface area contributed by atoms with Crippen molar-refractivity contribution < 1.29 is 9.18 Å². The van der Waals surface area contributed by atoms with E-state index < -0.39 is 0 Å². The maximum absolute atomic E-state index is 14.2. The number of hydrogen-bond acceptors (Lipinski definition) is 2. The summed E-state index contributed by atoms with van der Waals surface area (Å²) >= 11 is 0. The van der Waals surface area contributed by atoms with Crippen molar-refractivity contribution in [3.8, 4) is 11.1 Å². The molecule has 0 bridgehead atoms. The summed E-state index contributed by atoms with van der Waals surface area (Å²) in [7, 11) is 0. The van der Waals surface area contributed by atoms with Crippen molar-refractivity contribution >= 4 is 5.91 Å². The van der Waals surface area contributed by atoms with Crippen LogP contribution in [0.15, 0.2) is 79.0 Å². The maximum atomic E-state index is 14.2. The van der Waals surface area contributed by atoms with Gasteiger partial charge in [0.25, 0.3) is 5.91 Å². The van der Waals surface area contributed by atoms with Crippen LogP contribution in [0, 0.1) is 19.7 Å². The van der Waals surface area contributed by atoms with Crippen LogP contribution >= 0.6 is 0 Å². The third-order valence-corrected chi connectivity index (χ3v) is 7.96. The Morgan fingerprint density at radius 1 is 0.775 bits per heavy atom. The highest BCUT2D eigenvalue weighted by molar-refractivity contribution is 6.00. The second-order valence-corrected chi connectivity index (χ2v) is 12.2. The summed E-state index contributed by atoms with van der Waals surface area (Å²) in [4.78, 5) is 18.6. The lowest BCUT2D eigenvalue weighted by Gasteiger charge is -2.35. The predicted molar refractivity (Wildman–Crippen MR) is 161 cm³/mol. The number of carbonyl (C=O) groups is 1. The first kappa shape index (κ1) is 27.9. The van der Waals surface area contributed by atoms with Crippen molar-refractivity contribution in [1.82, 2.24) is 14.4 Å². The number of aryl methyl sites for hydroxylation is 2. The van der Waals surface area contributed by atoms with Gasteiger partial charge in [0.1, 0.15) is 11.5 Å². The van der Waals surface area contributed by atoms with E-state index >= 15 is 0 Å². The van der Waals surface area contributed by atoms with Crippen molar-refractivity contribution in [3.05, 3.63) is 118 Å². The number of halogens is 1. The molecule has 0 spiro atoms. The first-order valence-electron chi connectivity index (χ1n) is 14.2. The summed E-state index contributed by atoms with van der Waals surface area (Å²) in [5, 5.41) is 0. The molecule has 2 heterocycles. The van der Waals surface area contributed by atoms with E-state index in [1.165, 1.54) is 28.8 Å². The molecule has 4 nitrogen and oxygen atoms in total. The molecule has 40 heavy (non-hydrogen) atoms. The Labute approximate surface area is 238 Å². The van der Waals surface area contributed by atoms with Crippen molar-refractivity contribution in [2.75, 3.05) is 26.2 Å². The third-order valence-electron chi connectivity index (χ3n) is 7.96. The number of benzene rings is 3. The van der Waals surface area contributed by atoms with Crippen LogP contribution in [0.4, 0.5) is 4.39 Å². The minimum atomic E-state index is -0.257. The van der Waals surface area contributed by atoms with E-state index in [1.807, 2.05) is 9.47 Å². The fourth-order valence-electron chi connectivity index (χ4n) is 5.55. The number of rotatable bonds is 6. The van der Waals surface area contributed by atoms with Gasteiger partial charge in [-0.15, -0.1) is 0 Å². The molecule has 4 aromatic rings. The van der Waals surface area contributed by atoms with Crippen molar-refractivity contribution in [3.63, 3.8) is 0 Å². The topological polar surface area (TPSA) is 28.5 Å². The molecule has 1 aromatic heterocycles. The molecule has 1 aliphatic rings. The summed E-state index contributed by atoms with van der Waals surface area (Å²) in [6.45, 7) is 15.3. The van der Waals surface area contributed by atoms with Crippen LogP contribution in [0.3, 0.4) is 0 Å². The Morgan fingerprint density at radius 2 is 1.35 bits per heavy atom. The van der Waals surface area contributed by atoms with Gasteiger partial charge in [0.15, 0.2) is 0 Å². The first-order valence-corrected chi connectivity index (χ1v) is 14.2. The molecule has 1 saturated heterocycles. The summed E-state index contributed by atoms with van der Waals surface area (Å²) in [6, 6.07) is 23.8. The minimum absolute atomic E-state index is 0.0555. The molecule has 5 rings (SSSR count). The van der Waals surface area contributed by atoms with E-state index in [2.05, 4.69) is 94.2 Å². The molecule has 1 fully saturated rings. The van der Waals surface area contributed by atoms with Gasteiger partial charge in [-0.1, -0.05) is 87.0 Å². The van der Waals surface area contributed by atoms with E-state index in [9.17, 15) is 9.18 Å². The quantitative estimate of drug-likeness (QED) is 0.260. The van der Waals surface area contributed by atoms with Gasteiger partial charge in [0, 0.05) is 51.0 Å². The highest BCUT2D eigenvalue weighted by Gasteiger charge is 2.28. The highest BCUT2D eigenvalue weighted by atomic mass is 19.1. The average Bonchev–Trinajstić information content (AvgIpc) is 3.25. The Kier molecular flexibility index (Phi) is 7.95. The zero-order chi connectivity index (χ0) is 28.4. The summed E-state index contributed by atoms with van der Waals surface area (Å²) < 4.78 is 15.6. The number of hydrogen-bond donors (Lipinski definition) is 0. The number of carbonyl (C=O) groups excluding carboxylic acids is 1. The number of amides is 1. The minimum Gasteiger partial charge on any atom is -0.338 e. The molecule has 0 unspecified atom stereocenters. The lowest BCUT2D eigenvalue weighted by Crippen LogP contribution is -2.48. The van der Waals surface area contributed by atoms with E-state index in [1.54, 1.807) is 12.1 Å². The second kappa shape index (κ2) is 11.4. The maximum Gasteiger partial charge on any atom is 0.271 e. The van der Waals surface area contributed by atoms with E-state index in [0.717, 1.165) is 41.9 Å². The molecular weight excluding hydrogens is 497 g/mol. The molecule has 3 aromatic carbocycles. The predicted octanol–water partition coefficient (Wildman–Crippen LogP) is 7.21. The van der Waals surface area contributed by atoms with Gasteiger partial charge in [0.2, 0.25) is 0 Å². The fraction of sp³-hybridized carbons (Fsp3) is 0.343. The van der Waals surface area contributed by atoms with Crippen LogP contribution in [0.25, 0.3) is 11.1 Å². The molecule has 5 heteroatoms. The van der Waals surface area contributed by atoms with Gasteiger partial charge in [0.05, 0.1) is 0 Å². The Hall–Kier alpha value is -3.70. The number of piperazine rings is 1. The SMILES string of the molecule is Cc1ccc(-c2c(C)cn(Cc3ccc(F)cc3)c2C(=O)N2CCN(Cc3ccc(C(C)(C)C)cc3)CC2)cc1. The van der Waals surface area contributed by atoms with Gasteiger partial charge in [-0.25, -0.2) is 4.39 Å². The van der Waals surface area contributed by atoms with Crippen LogP contribution in [-0.4, -0.2) is 46.5 Å². The summed E-state index contributed by atoms with van der Waals surface area (Å²) in [5.41, 5.74) is 8.73. The van der Waals surface area contributed by atoms with E-state index in [-0.39, 0.29) is 17.1 Å². The molecule has 0 N–H and O–H groups in total. The lowest BCUT2D eigenvalue weighted by atomic mass is 9.87. The van der Waals surface area contributed by atoms with Gasteiger partial charge in [-0.2, -0.15) is 0 Å². The molecule has 1 amide bonds. The largest absolute Gasteiger partial charge is 0.338 e. The van der Waals surface area contributed by atoms with Crippen LogP contribution in [0.5, 0.6) is 0 Å². The number of nitrogens with zero attached hydrogens (tertiary/aromatic N) is 3. The molecule has 0 aliphatic carbocycles. The Bertz CT molecular complexity index is 1450. The van der Waals surface area contributed by atoms with Gasteiger partial charge in [-0.05, 0) is 59.2 Å². The van der Waals surface area contributed by atoms with E-state index in [4.69, 9.17) is 0 Å². The zero-order valence-electron chi connectivity index (χ0n) is 24.4. The second-order valence-electron chi connectivity index (χ2n) is 12.2. The third kappa shape index (κ3) is 6.20. The van der Waals surface area contributed by atoms with Crippen molar-refractivity contribution in [2.45, 2.75) is 53.1 Å². The van der Waals surface area contributed by atoms with Gasteiger partial charge >= 0.3 is 0 Å². The standard InChI is InChI=1S/C35H40FN3O/c1-25-6-12-29(13-7-25)32-26(2)22-39(24-28-10-16-31(36)17-11-28)33(32)34(40)38-20-18-37(19-21-38)23-27-8-14-30(15-9-27)35(3,4)5/h6-17,22H,18-21,23-24H2,1-5H3. The summed E-state index contributed by atoms with van der Waals surface area (Å²) in [5.74, 6) is -0.202. The first-order chi connectivity index (χ1) is 19.1. The average molecular weight is 538 g/mol. The fourth-order valence-corrected chi connectivity index (χ4v) is 5.55. The molecular formula is C35H40FN3O. The molecule has 208 valence electrons. The lowest BCUT2D eigenvalue weighted by molar-refractivity contribution is 0.0619. The van der Waals surface area contributed by atoms with Crippen LogP contribution in [0.1, 0.15) is 59.1 Å². The Morgan fingerprint density at radius 3 is 1.95 bits per heavy atom.